The van der Waals surface area contributed by atoms with Gasteiger partial charge in [0.2, 0.25) is 11.8 Å². The number of piperazine rings is 1. The topological polar surface area (TPSA) is 52.6 Å². The number of anilines is 1. The van der Waals surface area contributed by atoms with Gasteiger partial charge < -0.3 is 15.1 Å². The average Bonchev–Trinajstić information content (AvgIpc) is 3.08. The summed E-state index contributed by atoms with van der Waals surface area (Å²) in [6.07, 6.45) is 5.87. The molecule has 2 amide bonds. The molecule has 1 saturated carbocycles. The van der Waals surface area contributed by atoms with Crippen molar-refractivity contribution in [3.8, 4) is 0 Å². The maximum absolute atomic E-state index is 12.5. The van der Waals surface area contributed by atoms with E-state index in [4.69, 9.17) is 0 Å². The Kier molecular flexibility index (Phi) is 6.08. The van der Waals surface area contributed by atoms with E-state index in [0.717, 1.165) is 37.4 Å². The second kappa shape index (κ2) is 8.48. The van der Waals surface area contributed by atoms with Crippen LogP contribution in [0.25, 0.3) is 0 Å². The number of hydrogen-bond acceptors (Lipinski definition) is 3. The number of carbonyl (C=O) groups excluding carboxylic acids is 2. The van der Waals surface area contributed by atoms with Crippen LogP contribution in [0.3, 0.4) is 0 Å². The molecule has 1 aliphatic heterocycles. The smallest absolute Gasteiger partial charge is 0.227 e. The van der Waals surface area contributed by atoms with E-state index in [2.05, 4.69) is 17.3 Å². The molecule has 1 saturated heterocycles. The Balaban J connectivity index is 1.52. The minimum absolute atomic E-state index is 0.0921. The van der Waals surface area contributed by atoms with Crippen LogP contribution < -0.4 is 5.32 Å². The quantitative estimate of drug-likeness (QED) is 0.894. The maximum Gasteiger partial charge on any atom is 0.227 e. The van der Waals surface area contributed by atoms with Crippen molar-refractivity contribution >= 4 is 17.5 Å². The zero-order chi connectivity index (χ0) is 17.6. The van der Waals surface area contributed by atoms with Gasteiger partial charge in [0.25, 0.3) is 0 Å². The number of nitrogens with zero attached hydrogens (tertiary/aromatic N) is 2. The molecule has 0 aromatic heterocycles. The molecule has 0 unspecified atom stereocenters. The van der Waals surface area contributed by atoms with Crippen LogP contribution in [0.2, 0.25) is 0 Å². The molecule has 136 valence electrons. The van der Waals surface area contributed by atoms with Crippen molar-refractivity contribution in [3.63, 3.8) is 0 Å². The third-order valence-electron chi connectivity index (χ3n) is 5.37. The number of amides is 2. The first-order valence-electron chi connectivity index (χ1n) is 9.45. The molecule has 2 fully saturated rings. The number of carbonyl (C=O) groups is 2. The summed E-state index contributed by atoms with van der Waals surface area (Å²) in [5.41, 5.74) is 1.76. The second-order valence-electron chi connectivity index (χ2n) is 7.46. The summed E-state index contributed by atoms with van der Waals surface area (Å²) in [6, 6.07) is 7.70. The van der Waals surface area contributed by atoms with Gasteiger partial charge in [-0.05, 0) is 43.5 Å². The maximum atomic E-state index is 12.5. The molecule has 5 heteroatoms. The Morgan fingerprint density at radius 1 is 1.12 bits per heavy atom. The van der Waals surface area contributed by atoms with Crippen LogP contribution in [0.15, 0.2) is 24.3 Å². The van der Waals surface area contributed by atoms with Crippen molar-refractivity contribution < 1.29 is 9.59 Å². The fourth-order valence-electron chi connectivity index (χ4n) is 3.79. The van der Waals surface area contributed by atoms with E-state index in [0.29, 0.717) is 18.8 Å². The summed E-state index contributed by atoms with van der Waals surface area (Å²) in [7, 11) is 2.08. The highest BCUT2D eigenvalue weighted by atomic mass is 16.2. The molecule has 5 nitrogen and oxygen atoms in total. The highest BCUT2D eigenvalue weighted by Crippen LogP contribution is 2.27. The average molecular weight is 343 g/mol. The lowest BCUT2D eigenvalue weighted by molar-refractivity contribution is -0.132. The summed E-state index contributed by atoms with van der Waals surface area (Å²) in [4.78, 5) is 28.8. The standard InChI is InChI=1S/C20H29N3O2/c1-22-9-11-23(12-10-22)20(25)15-17-7-4-8-18(13-17)21-19(24)14-16-5-2-3-6-16/h4,7-8,13,16H,2-3,5-6,9-12,14-15H2,1H3,(H,21,24). The fourth-order valence-corrected chi connectivity index (χ4v) is 3.79. The lowest BCUT2D eigenvalue weighted by Crippen LogP contribution is -2.47. The van der Waals surface area contributed by atoms with Crippen LogP contribution in [-0.2, 0) is 16.0 Å². The van der Waals surface area contributed by atoms with E-state index in [1.54, 1.807) is 0 Å². The molecular weight excluding hydrogens is 314 g/mol. The number of rotatable bonds is 5. The van der Waals surface area contributed by atoms with Crippen molar-refractivity contribution in [2.75, 3.05) is 38.5 Å². The highest BCUT2D eigenvalue weighted by Gasteiger charge is 2.20. The molecule has 0 atom stereocenters. The fraction of sp³-hybridized carbons (Fsp3) is 0.600. The SMILES string of the molecule is CN1CCN(C(=O)Cc2cccc(NC(=O)CC3CCCC3)c2)CC1. The van der Waals surface area contributed by atoms with E-state index in [1.807, 2.05) is 29.2 Å². The van der Waals surface area contributed by atoms with Crippen LogP contribution in [0, 0.1) is 5.92 Å². The lowest BCUT2D eigenvalue weighted by Gasteiger charge is -2.32. The monoisotopic (exact) mass is 343 g/mol. The molecule has 0 spiro atoms. The molecule has 3 rings (SSSR count). The van der Waals surface area contributed by atoms with Crippen molar-refractivity contribution in [1.82, 2.24) is 9.80 Å². The largest absolute Gasteiger partial charge is 0.340 e. The van der Waals surface area contributed by atoms with Gasteiger partial charge in [-0.3, -0.25) is 9.59 Å². The Bertz CT molecular complexity index is 603. The summed E-state index contributed by atoms with van der Waals surface area (Å²) >= 11 is 0. The Hall–Kier alpha value is -1.88. The number of benzene rings is 1. The third-order valence-corrected chi connectivity index (χ3v) is 5.37. The van der Waals surface area contributed by atoms with Crippen molar-refractivity contribution in [3.05, 3.63) is 29.8 Å². The molecule has 25 heavy (non-hydrogen) atoms. The van der Waals surface area contributed by atoms with Gasteiger partial charge in [0, 0.05) is 38.3 Å². The van der Waals surface area contributed by atoms with Crippen LogP contribution in [0.5, 0.6) is 0 Å². The van der Waals surface area contributed by atoms with Crippen LogP contribution in [0.1, 0.15) is 37.7 Å². The first kappa shape index (κ1) is 17.9. The van der Waals surface area contributed by atoms with Crippen molar-refractivity contribution in [2.45, 2.75) is 38.5 Å². The van der Waals surface area contributed by atoms with Crippen molar-refractivity contribution in [1.29, 1.82) is 0 Å². The van der Waals surface area contributed by atoms with E-state index in [1.165, 1.54) is 25.7 Å². The summed E-state index contributed by atoms with van der Waals surface area (Å²) in [5.74, 6) is 0.805. The Morgan fingerprint density at radius 3 is 2.56 bits per heavy atom. The first-order chi connectivity index (χ1) is 12.1. The van der Waals surface area contributed by atoms with Crippen LogP contribution >= 0.6 is 0 Å². The lowest BCUT2D eigenvalue weighted by atomic mass is 10.0. The first-order valence-corrected chi connectivity index (χ1v) is 9.45. The molecular formula is C20H29N3O2. The van der Waals surface area contributed by atoms with E-state index < -0.39 is 0 Å². The molecule has 0 bridgehead atoms. The summed E-state index contributed by atoms with van der Waals surface area (Å²) in [6.45, 7) is 3.46. The number of likely N-dealkylation sites (N-methyl/N-ethyl adjacent to an activating group) is 1. The zero-order valence-electron chi connectivity index (χ0n) is 15.2. The summed E-state index contributed by atoms with van der Waals surface area (Å²) < 4.78 is 0. The molecule has 1 heterocycles. The van der Waals surface area contributed by atoms with Gasteiger partial charge in [-0.25, -0.2) is 0 Å². The summed E-state index contributed by atoms with van der Waals surface area (Å²) in [5, 5.41) is 3.00. The van der Waals surface area contributed by atoms with Gasteiger partial charge in [0.1, 0.15) is 0 Å². The van der Waals surface area contributed by atoms with Crippen molar-refractivity contribution in [2.24, 2.45) is 5.92 Å². The predicted octanol–water partition coefficient (Wildman–Crippen LogP) is 2.52. The third kappa shape index (κ3) is 5.30. The normalized spacial score (nSPS) is 19.2. The highest BCUT2D eigenvalue weighted by molar-refractivity contribution is 5.91. The van der Waals surface area contributed by atoms with Gasteiger partial charge in [-0.2, -0.15) is 0 Å². The second-order valence-corrected chi connectivity index (χ2v) is 7.46. The zero-order valence-corrected chi connectivity index (χ0v) is 15.2. The minimum atomic E-state index is 0.0921. The predicted molar refractivity (Wildman–Crippen MR) is 99.4 cm³/mol. The molecule has 2 aliphatic rings. The number of nitrogens with one attached hydrogen (secondary N) is 1. The molecule has 1 N–H and O–H groups in total. The molecule has 1 aliphatic carbocycles. The van der Waals surface area contributed by atoms with E-state index in [-0.39, 0.29) is 11.8 Å². The van der Waals surface area contributed by atoms with E-state index >= 15 is 0 Å². The van der Waals surface area contributed by atoms with Gasteiger partial charge in [0.15, 0.2) is 0 Å². The van der Waals surface area contributed by atoms with E-state index in [9.17, 15) is 9.59 Å². The van der Waals surface area contributed by atoms with Gasteiger partial charge in [0.05, 0.1) is 6.42 Å². The Labute approximate surface area is 150 Å². The molecule has 1 aromatic carbocycles. The van der Waals surface area contributed by atoms with Crippen LogP contribution in [0.4, 0.5) is 5.69 Å². The molecule has 1 aromatic rings. The van der Waals surface area contributed by atoms with Crippen LogP contribution in [-0.4, -0.2) is 54.8 Å². The Morgan fingerprint density at radius 2 is 1.84 bits per heavy atom. The number of hydrogen-bond donors (Lipinski definition) is 1. The van der Waals surface area contributed by atoms with Gasteiger partial charge in [-0.15, -0.1) is 0 Å². The van der Waals surface area contributed by atoms with Gasteiger partial charge >= 0.3 is 0 Å². The minimum Gasteiger partial charge on any atom is -0.340 e. The van der Waals surface area contributed by atoms with Gasteiger partial charge in [-0.1, -0.05) is 25.0 Å². The molecule has 0 radical (unpaired) electrons.